The SMILES string of the molecule is CS(=O)(=O)c1cccc(Oc2nccc(C#N)n2)c1. The fourth-order valence-corrected chi connectivity index (χ4v) is 1.98. The van der Waals surface area contributed by atoms with Crippen LogP contribution in [0.3, 0.4) is 0 Å². The van der Waals surface area contributed by atoms with E-state index in [-0.39, 0.29) is 22.3 Å². The van der Waals surface area contributed by atoms with Crippen molar-refractivity contribution in [1.82, 2.24) is 9.97 Å². The molecule has 0 saturated carbocycles. The quantitative estimate of drug-likeness (QED) is 0.843. The maximum atomic E-state index is 11.4. The van der Waals surface area contributed by atoms with Crippen LogP contribution in [0.25, 0.3) is 0 Å². The van der Waals surface area contributed by atoms with E-state index in [1.807, 2.05) is 6.07 Å². The maximum absolute atomic E-state index is 11.4. The smallest absolute Gasteiger partial charge is 0.323 e. The van der Waals surface area contributed by atoms with Gasteiger partial charge in [-0.25, -0.2) is 13.4 Å². The zero-order valence-corrected chi connectivity index (χ0v) is 10.8. The third kappa shape index (κ3) is 3.26. The second-order valence-corrected chi connectivity index (χ2v) is 5.70. The van der Waals surface area contributed by atoms with E-state index >= 15 is 0 Å². The van der Waals surface area contributed by atoms with Crippen molar-refractivity contribution in [3.8, 4) is 17.8 Å². The van der Waals surface area contributed by atoms with Gasteiger partial charge in [-0.1, -0.05) is 6.07 Å². The monoisotopic (exact) mass is 275 g/mol. The van der Waals surface area contributed by atoms with E-state index in [0.29, 0.717) is 0 Å². The minimum Gasteiger partial charge on any atom is -0.424 e. The molecule has 1 aromatic heterocycles. The predicted molar refractivity (Wildman–Crippen MR) is 66.4 cm³/mol. The molecule has 96 valence electrons. The topological polar surface area (TPSA) is 92.9 Å². The second-order valence-electron chi connectivity index (χ2n) is 3.69. The van der Waals surface area contributed by atoms with E-state index < -0.39 is 9.84 Å². The van der Waals surface area contributed by atoms with Crippen LogP contribution in [-0.2, 0) is 9.84 Å². The van der Waals surface area contributed by atoms with Crippen molar-refractivity contribution >= 4 is 9.84 Å². The number of benzene rings is 1. The molecule has 0 aliphatic heterocycles. The Morgan fingerprint density at radius 3 is 2.79 bits per heavy atom. The van der Waals surface area contributed by atoms with Crippen molar-refractivity contribution < 1.29 is 13.2 Å². The minimum absolute atomic E-state index is 0.00954. The average Bonchev–Trinajstić information content (AvgIpc) is 2.38. The van der Waals surface area contributed by atoms with Gasteiger partial charge in [0.05, 0.1) is 4.90 Å². The molecule has 0 saturated heterocycles. The number of hydrogen-bond donors (Lipinski definition) is 0. The molecular weight excluding hydrogens is 266 g/mol. The molecule has 0 N–H and O–H groups in total. The third-order valence-corrected chi connectivity index (χ3v) is 3.30. The van der Waals surface area contributed by atoms with Crippen molar-refractivity contribution in [2.24, 2.45) is 0 Å². The Labute approximate surface area is 110 Å². The summed E-state index contributed by atoms with van der Waals surface area (Å²) in [5.41, 5.74) is 0.171. The molecule has 0 aliphatic carbocycles. The lowest BCUT2D eigenvalue weighted by atomic mass is 10.3. The van der Waals surface area contributed by atoms with E-state index in [2.05, 4.69) is 9.97 Å². The van der Waals surface area contributed by atoms with Crippen LogP contribution in [0, 0.1) is 11.3 Å². The Morgan fingerprint density at radius 1 is 1.32 bits per heavy atom. The Bertz CT molecular complexity index is 751. The lowest BCUT2D eigenvalue weighted by molar-refractivity contribution is 0.439. The largest absolute Gasteiger partial charge is 0.424 e. The first-order valence-corrected chi connectivity index (χ1v) is 7.09. The zero-order valence-electron chi connectivity index (χ0n) is 9.94. The summed E-state index contributed by atoms with van der Waals surface area (Å²) < 4.78 is 28.1. The van der Waals surface area contributed by atoms with Gasteiger partial charge < -0.3 is 4.74 Å². The summed E-state index contributed by atoms with van der Waals surface area (Å²) in [5, 5.41) is 8.70. The van der Waals surface area contributed by atoms with Gasteiger partial charge in [0.15, 0.2) is 9.84 Å². The average molecular weight is 275 g/mol. The van der Waals surface area contributed by atoms with Crippen LogP contribution in [0.1, 0.15) is 5.69 Å². The number of hydrogen-bond acceptors (Lipinski definition) is 6. The van der Waals surface area contributed by atoms with Crippen LogP contribution in [0.4, 0.5) is 0 Å². The Balaban J connectivity index is 2.31. The summed E-state index contributed by atoms with van der Waals surface area (Å²) in [6.07, 6.45) is 2.50. The Hall–Kier alpha value is -2.46. The van der Waals surface area contributed by atoms with Gasteiger partial charge in [0.1, 0.15) is 17.5 Å². The maximum Gasteiger partial charge on any atom is 0.323 e. The van der Waals surface area contributed by atoms with Crippen molar-refractivity contribution in [1.29, 1.82) is 5.26 Å². The highest BCUT2D eigenvalue weighted by atomic mass is 32.2. The number of sulfone groups is 1. The molecule has 0 atom stereocenters. The van der Waals surface area contributed by atoms with Crippen molar-refractivity contribution in [2.45, 2.75) is 4.90 Å². The molecule has 6 nitrogen and oxygen atoms in total. The highest BCUT2D eigenvalue weighted by molar-refractivity contribution is 7.90. The molecule has 2 aromatic rings. The molecule has 0 fully saturated rings. The summed E-state index contributed by atoms with van der Waals surface area (Å²) in [5.74, 6) is 0.290. The predicted octanol–water partition coefficient (Wildman–Crippen LogP) is 1.54. The van der Waals surface area contributed by atoms with Crippen LogP contribution in [0.2, 0.25) is 0 Å². The molecule has 0 bridgehead atoms. The third-order valence-electron chi connectivity index (χ3n) is 2.19. The van der Waals surface area contributed by atoms with Gasteiger partial charge in [-0.15, -0.1) is 0 Å². The van der Waals surface area contributed by atoms with Crippen LogP contribution in [0.15, 0.2) is 41.4 Å². The summed E-state index contributed by atoms with van der Waals surface area (Å²) in [7, 11) is -3.30. The van der Waals surface area contributed by atoms with Gasteiger partial charge in [-0.05, 0) is 24.3 Å². The highest BCUT2D eigenvalue weighted by Crippen LogP contribution is 2.21. The van der Waals surface area contributed by atoms with Crippen molar-refractivity contribution in [3.63, 3.8) is 0 Å². The summed E-state index contributed by atoms with van der Waals surface area (Å²) in [4.78, 5) is 7.82. The van der Waals surface area contributed by atoms with Crippen LogP contribution in [-0.4, -0.2) is 24.6 Å². The second kappa shape index (κ2) is 5.04. The number of nitriles is 1. The van der Waals surface area contributed by atoms with Gasteiger partial charge in [-0.3, -0.25) is 0 Å². The first-order chi connectivity index (χ1) is 8.99. The van der Waals surface area contributed by atoms with Crippen LogP contribution in [0.5, 0.6) is 11.8 Å². The van der Waals surface area contributed by atoms with E-state index in [4.69, 9.17) is 10.00 Å². The fourth-order valence-electron chi connectivity index (χ4n) is 1.33. The van der Waals surface area contributed by atoms with E-state index in [1.54, 1.807) is 12.1 Å². The summed E-state index contributed by atoms with van der Waals surface area (Å²) in [6, 6.07) is 9.27. The van der Waals surface area contributed by atoms with Gasteiger partial charge in [0, 0.05) is 12.5 Å². The fraction of sp³-hybridized carbons (Fsp3) is 0.0833. The Kier molecular flexibility index (Phi) is 3.44. The number of ether oxygens (including phenoxy) is 1. The molecule has 7 heteroatoms. The van der Waals surface area contributed by atoms with Crippen molar-refractivity contribution in [3.05, 3.63) is 42.2 Å². The minimum atomic E-state index is -3.30. The molecule has 19 heavy (non-hydrogen) atoms. The molecule has 0 radical (unpaired) electrons. The van der Waals surface area contributed by atoms with Crippen molar-refractivity contribution in [2.75, 3.05) is 6.26 Å². The number of rotatable bonds is 3. The normalized spacial score (nSPS) is 10.7. The Morgan fingerprint density at radius 2 is 2.11 bits per heavy atom. The van der Waals surface area contributed by atoms with Gasteiger partial charge >= 0.3 is 6.01 Å². The lowest BCUT2D eigenvalue weighted by Gasteiger charge is -2.05. The molecule has 1 aromatic carbocycles. The molecule has 1 heterocycles. The van der Waals surface area contributed by atoms with Gasteiger partial charge in [0.25, 0.3) is 0 Å². The number of aromatic nitrogens is 2. The lowest BCUT2D eigenvalue weighted by Crippen LogP contribution is -1.98. The van der Waals surface area contributed by atoms with E-state index in [9.17, 15) is 8.42 Å². The molecule has 0 spiro atoms. The summed E-state index contributed by atoms with van der Waals surface area (Å²) in [6.45, 7) is 0. The first-order valence-electron chi connectivity index (χ1n) is 5.20. The molecule has 0 aliphatic rings. The van der Waals surface area contributed by atoms with Crippen LogP contribution >= 0.6 is 0 Å². The number of nitrogens with zero attached hydrogens (tertiary/aromatic N) is 3. The van der Waals surface area contributed by atoms with Crippen LogP contribution < -0.4 is 4.74 Å². The molecule has 0 amide bonds. The molecule has 0 unspecified atom stereocenters. The van der Waals surface area contributed by atoms with E-state index in [1.165, 1.54) is 24.4 Å². The molecule has 2 rings (SSSR count). The van der Waals surface area contributed by atoms with Gasteiger partial charge in [0.2, 0.25) is 0 Å². The molecular formula is C12H9N3O3S. The first kappa shape index (κ1) is 13.0. The zero-order chi connectivity index (χ0) is 13.9. The standard InChI is InChI=1S/C12H9N3O3S/c1-19(16,17)11-4-2-3-10(7-11)18-12-14-6-5-9(8-13)15-12/h2-7H,1H3. The summed E-state index contributed by atoms with van der Waals surface area (Å²) >= 11 is 0. The highest BCUT2D eigenvalue weighted by Gasteiger charge is 2.09. The van der Waals surface area contributed by atoms with Gasteiger partial charge in [-0.2, -0.15) is 10.2 Å². The van der Waals surface area contributed by atoms with E-state index in [0.717, 1.165) is 6.26 Å².